The lowest BCUT2D eigenvalue weighted by Crippen LogP contribution is -2.59. The molecule has 0 unspecified atom stereocenters. The minimum absolute atomic E-state index is 0.244. The fourth-order valence-electron chi connectivity index (χ4n) is 3.81. The standard InChI is InChI=1S/C19H23ClN4O/c20-17-5-3-16(4-6-17)15-22-13-7-19(8-14-22,24-12-1-9-21-24)18(25)23-10-2-11-23/h1,3-6,9,12H,2,7-8,10-11,13-15H2. The van der Waals surface area contributed by atoms with Crippen LogP contribution in [0.2, 0.25) is 5.02 Å². The second-order valence-electron chi connectivity index (χ2n) is 7.03. The molecule has 0 bridgehead atoms. The molecule has 0 saturated carbocycles. The summed E-state index contributed by atoms with van der Waals surface area (Å²) >= 11 is 5.97. The molecule has 132 valence electrons. The van der Waals surface area contributed by atoms with E-state index in [-0.39, 0.29) is 5.91 Å². The van der Waals surface area contributed by atoms with Gasteiger partial charge in [0.15, 0.2) is 0 Å². The molecule has 6 heteroatoms. The zero-order valence-electron chi connectivity index (χ0n) is 14.3. The Morgan fingerprint density at radius 1 is 1.12 bits per heavy atom. The average Bonchev–Trinajstić information content (AvgIpc) is 3.11. The highest BCUT2D eigenvalue weighted by Crippen LogP contribution is 2.33. The second kappa shape index (κ2) is 6.81. The number of halogens is 1. The maximum atomic E-state index is 13.1. The van der Waals surface area contributed by atoms with Gasteiger partial charge in [-0.1, -0.05) is 23.7 Å². The molecule has 0 aliphatic carbocycles. The van der Waals surface area contributed by atoms with Gasteiger partial charge in [0.1, 0.15) is 5.54 Å². The van der Waals surface area contributed by atoms with Crippen molar-refractivity contribution in [3.8, 4) is 0 Å². The Hall–Kier alpha value is -1.85. The average molecular weight is 359 g/mol. The van der Waals surface area contributed by atoms with E-state index in [1.807, 2.05) is 34.0 Å². The van der Waals surface area contributed by atoms with E-state index in [1.54, 1.807) is 6.20 Å². The maximum Gasteiger partial charge on any atom is 0.250 e. The lowest BCUT2D eigenvalue weighted by atomic mass is 9.85. The van der Waals surface area contributed by atoms with Crippen LogP contribution in [0.3, 0.4) is 0 Å². The third-order valence-corrected chi connectivity index (χ3v) is 5.74. The Bertz CT molecular complexity index is 716. The molecule has 2 fully saturated rings. The Morgan fingerprint density at radius 3 is 2.40 bits per heavy atom. The molecule has 1 aromatic carbocycles. The monoisotopic (exact) mass is 358 g/mol. The summed E-state index contributed by atoms with van der Waals surface area (Å²) in [6, 6.07) is 9.92. The third-order valence-electron chi connectivity index (χ3n) is 5.49. The van der Waals surface area contributed by atoms with Crippen molar-refractivity contribution in [2.24, 2.45) is 0 Å². The first-order valence-corrected chi connectivity index (χ1v) is 9.31. The number of carbonyl (C=O) groups is 1. The number of carbonyl (C=O) groups excluding carboxylic acids is 1. The number of likely N-dealkylation sites (tertiary alicyclic amines) is 2. The first kappa shape index (κ1) is 16.6. The molecular weight excluding hydrogens is 336 g/mol. The number of aromatic nitrogens is 2. The first-order valence-electron chi connectivity index (χ1n) is 8.94. The normalized spacial score (nSPS) is 20.3. The molecule has 3 heterocycles. The van der Waals surface area contributed by atoms with Crippen molar-refractivity contribution in [3.05, 3.63) is 53.3 Å². The van der Waals surface area contributed by atoms with Crippen molar-refractivity contribution >= 4 is 17.5 Å². The topological polar surface area (TPSA) is 41.4 Å². The summed E-state index contributed by atoms with van der Waals surface area (Å²) in [5, 5.41) is 5.19. The highest BCUT2D eigenvalue weighted by Gasteiger charge is 2.46. The van der Waals surface area contributed by atoms with Gasteiger partial charge in [-0.05, 0) is 43.0 Å². The van der Waals surface area contributed by atoms with Gasteiger partial charge in [0, 0.05) is 50.1 Å². The zero-order chi connectivity index (χ0) is 17.3. The van der Waals surface area contributed by atoms with Gasteiger partial charge in [0.05, 0.1) is 0 Å². The smallest absolute Gasteiger partial charge is 0.250 e. The Labute approximate surface area is 153 Å². The lowest BCUT2D eigenvalue weighted by Gasteiger charge is -2.45. The van der Waals surface area contributed by atoms with E-state index in [0.29, 0.717) is 0 Å². The summed E-state index contributed by atoms with van der Waals surface area (Å²) in [6.07, 6.45) is 6.43. The van der Waals surface area contributed by atoms with Crippen molar-refractivity contribution in [3.63, 3.8) is 0 Å². The van der Waals surface area contributed by atoms with Crippen LogP contribution in [0.4, 0.5) is 0 Å². The van der Waals surface area contributed by atoms with Crippen LogP contribution in [0.15, 0.2) is 42.7 Å². The van der Waals surface area contributed by atoms with Crippen LogP contribution < -0.4 is 0 Å². The number of nitrogens with zero attached hydrogens (tertiary/aromatic N) is 4. The van der Waals surface area contributed by atoms with Crippen LogP contribution in [0.1, 0.15) is 24.8 Å². The predicted octanol–water partition coefficient (Wildman–Crippen LogP) is 2.76. The summed E-state index contributed by atoms with van der Waals surface area (Å²) in [5.41, 5.74) is 0.741. The van der Waals surface area contributed by atoms with Crippen molar-refractivity contribution in [2.75, 3.05) is 26.2 Å². The molecule has 2 aliphatic rings. The van der Waals surface area contributed by atoms with Gasteiger partial charge in [0.25, 0.3) is 5.91 Å². The highest BCUT2D eigenvalue weighted by molar-refractivity contribution is 6.30. The van der Waals surface area contributed by atoms with Gasteiger partial charge in [-0.25, -0.2) is 0 Å². The summed E-state index contributed by atoms with van der Waals surface area (Å²) < 4.78 is 1.90. The molecule has 0 radical (unpaired) electrons. The van der Waals surface area contributed by atoms with Crippen LogP contribution in [0.5, 0.6) is 0 Å². The van der Waals surface area contributed by atoms with Crippen LogP contribution >= 0.6 is 11.6 Å². The molecule has 1 amide bonds. The molecule has 2 saturated heterocycles. The summed E-state index contributed by atoms with van der Waals surface area (Å²) in [6.45, 7) is 4.45. The molecule has 0 N–H and O–H groups in total. The van der Waals surface area contributed by atoms with Crippen LogP contribution in [0, 0.1) is 0 Å². The van der Waals surface area contributed by atoms with Gasteiger partial charge in [0.2, 0.25) is 0 Å². The number of piperidine rings is 1. The van der Waals surface area contributed by atoms with Crippen LogP contribution in [-0.2, 0) is 16.9 Å². The minimum atomic E-state index is -0.513. The fraction of sp³-hybridized carbons (Fsp3) is 0.474. The summed E-state index contributed by atoms with van der Waals surface area (Å²) in [4.78, 5) is 17.5. The van der Waals surface area contributed by atoms with Crippen LogP contribution in [0.25, 0.3) is 0 Å². The zero-order valence-corrected chi connectivity index (χ0v) is 15.0. The molecule has 0 spiro atoms. The van der Waals surface area contributed by atoms with E-state index >= 15 is 0 Å². The van der Waals surface area contributed by atoms with Crippen LogP contribution in [-0.4, -0.2) is 51.7 Å². The molecule has 25 heavy (non-hydrogen) atoms. The largest absolute Gasteiger partial charge is 0.340 e. The van der Waals surface area contributed by atoms with Gasteiger partial charge in [-0.15, -0.1) is 0 Å². The molecule has 2 aromatic rings. The first-order chi connectivity index (χ1) is 12.2. The predicted molar refractivity (Wildman–Crippen MR) is 97.4 cm³/mol. The van der Waals surface area contributed by atoms with E-state index in [0.717, 1.165) is 57.0 Å². The quantitative estimate of drug-likeness (QED) is 0.844. The van der Waals surface area contributed by atoms with E-state index in [4.69, 9.17) is 11.6 Å². The van der Waals surface area contributed by atoms with E-state index in [2.05, 4.69) is 22.1 Å². The number of rotatable bonds is 4. The molecule has 4 rings (SSSR count). The summed E-state index contributed by atoms with van der Waals surface area (Å²) in [5.74, 6) is 0.244. The minimum Gasteiger partial charge on any atom is -0.340 e. The number of hydrogen-bond acceptors (Lipinski definition) is 3. The number of amides is 1. The van der Waals surface area contributed by atoms with Gasteiger partial charge in [-0.2, -0.15) is 5.10 Å². The molecule has 5 nitrogen and oxygen atoms in total. The molecule has 2 aliphatic heterocycles. The van der Waals surface area contributed by atoms with Crippen molar-refractivity contribution in [2.45, 2.75) is 31.3 Å². The third kappa shape index (κ3) is 3.18. The Morgan fingerprint density at radius 2 is 1.84 bits per heavy atom. The number of benzene rings is 1. The van der Waals surface area contributed by atoms with Gasteiger partial charge in [-0.3, -0.25) is 14.4 Å². The highest BCUT2D eigenvalue weighted by atomic mass is 35.5. The van der Waals surface area contributed by atoms with Gasteiger partial charge < -0.3 is 4.90 Å². The van der Waals surface area contributed by atoms with E-state index in [1.165, 1.54) is 5.56 Å². The molecule has 1 aromatic heterocycles. The molecular formula is C19H23ClN4O. The second-order valence-corrected chi connectivity index (χ2v) is 7.47. The fourth-order valence-corrected chi connectivity index (χ4v) is 3.93. The van der Waals surface area contributed by atoms with E-state index in [9.17, 15) is 4.79 Å². The Kier molecular flexibility index (Phi) is 4.52. The SMILES string of the molecule is O=C(N1CCC1)C1(n2cccn2)CCN(Cc2ccc(Cl)cc2)CC1. The van der Waals surface area contributed by atoms with E-state index < -0.39 is 5.54 Å². The molecule has 0 atom stereocenters. The maximum absolute atomic E-state index is 13.1. The lowest BCUT2D eigenvalue weighted by molar-refractivity contribution is -0.148. The number of hydrogen-bond donors (Lipinski definition) is 0. The Balaban J connectivity index is 1.48. The van der Waals surface area contributed by atoms with Crippen molar-refractivity contribution in [1.29, 1.82) is 0 Å². The van der Waals surface area contributed by atoms with Crippen molar-refractivity contribution in [1.82, 2.24) is 19.6 Å². The van der Waals surface area contributed by atoms with Crippen molar-refractivity contribution < 1.29 is 4.79 Å². The van der Waals surface area contributed by atoms with Gasteiger partial charge >= 0.3 is 0 Å². The summed E-state index contributed by atoms with van der Waals surface area (Å²) in [7, 11) is 0.